The molecule has 8 nitrogen and oxygen atoms in total. The zero-order chi connectivity index (χ0) is 21.7. The van der Waals surface area contributed by atoms with Gasteiger partial charge in [0.1, 0.15) is 5.76 Å². The van der Waals surface area contributed by atoms with Gasteiger partial charge in [-0.05, 0) is 43.7 Å². The van der Waals surface area contributed by atoms with E-state index in [4.69, 9.17) is 4.42 Å². The average Bonchev–Trinajstić information content (AvgIpc) is 3.38. The van der Waals surface area contributed by atoms with Gasteiger partial charge in [-0.25, -0.2) is 8.42 Å². The monoisotopic (exact) mass is 441 g/mol. The number of alkyl halides is 2. The summed E-state index contributed by atoms with van der Waals surface area (Å²) < 4.78 is 54.6. The molecule has 1 atom stereocenters. The number of benzene rings is 1. The lowest BCUT2D eigenvalue weighted by molar-refractivity contribution is -0.126. The van der Waals surface area contributed by atoms with E-state index in [-0.39, 0.29) is 24.7 Å². The minimum atomic E-state index is -4.87. The van der Waals surface area contributed by atoms with E-state index in [9.17, 15) is 26.8 Å². The van der Waals surface area contributed by atoms with Crippen molar-refractivity contribution in [2.75, 3.05) is 18.4 Å². The van der Waals surface area contributed by atoms with E-state index in [0.29, 0.717) is 25.1 Å². The maximum atomic E-state index is 12.9. The summed E-state index contributed by atoms with van der Waals surface area (Å²) in [7, 11) is -4.87. The highest BCUT2D eigenvalue weighted by Crippen LogP contribution is 2.26. The fraction of sp³-hybridized carbons (Fsp3) is 0.368. The van der Waals surface area contributed by atoms with Crippen molar-refractivity contribution in [2.24, 2.45) is 0 Å². The van der Waals surface area contributed by atoms with E-state index in [2.05, 4.69) is 10.6 Å². The Morgan fingerprint density at radius 2 is 1.97 bits per heavy atom. The molecule has 0 saturated carbocycles. The summed E-state index contributed by atoms with van der Waals surface area (Å²) in [6.07, 6.45) is 2.77. The summed E-state index contributed by atoms with van der Waals surface area (Å²) in [6, 6.07) is 7.89. The molecule has 0 aliphatic carbocycles. The standard InChI is InChI=1S/C19H21F2N3O5S/c20-19(21)30(27,28)16-8-2-1-6-14(16)23-17(25)12-24-9-3-7-15(24)18(26)22-11-13-5-4-10-29-13/h1-2,4-6,8,10,15,19H,3,7,9,11-12H2,(H,22,26)(H,23,25). The highest BCUT2D eigenvalue weighted by atomic mass is 32.2. The second-order valence-corrected chi connectivity index (χ2v) is 8.66. The first-order valence-corrected chi connectivity index (χ1v) is 10.8. The molecule has 0 spiro atoms. The molecule has 11 heteroatoms. The Labute approximate surface area is 172 Å². The third kappa shape index (κ3) is 5.03. The zero-order valence-corrected chi connectivity index (χ0v) is 16.7. The molecule has 30 heavy (non-hydrogen) atoms. The Morgan fingerprint density at radius 3 is 2.67 bits per heavy atom. The molecule has 162 valence electrons. The van der Waals surface area contributed by atoms with Gasteiger partial charge in [0.05, 0.1) is 36.0 Å². The van der Waals surface area contributed by atoms with Crippen LogP contribution in [-0.4, -0.2) is 50.0 Å². The molecule has 1 aliphatic rings. The second kappa shape index (κ2) is 9.35. The number of halogens is 2. The van der Waals surface area contributed by atoms with Crippen LogP contribution in [0.2, 0.25) is 0 Å². The Bertz CT molecular complexity index is 995. The molecule has 1 saturated heterocycles. The maximum absolute atomic E-state index is 12.9. The third-order valence-electron chi connectivity index (χ3n) is 4.73. The van der Waals surface area contributed by atoms with Crippen LogP contribution in [0.1, 0.15) is 18.6 Å². The molecular formula is C19H21F2N3O5S. The van der Waals surface area contributed by atoms with Crippen molar-refractivity contribution in [2.45, 2.75) is 36.1 Å². The Morgan fingerprint density at radius 1 is 1.20 bits per heavy atom. The van der Waals surface area contributed by atoms with Gasteiger partial charge in [0.2, 0.25) is 21.7 Å². The first kappa shape index (κ1) is 21.9. The predicted octanol–water partition coefficient (Wildman–Crippen LogP) is 2.00. The molecule has 0 radical (unpaired) electrons. The normalized spacial score (nSPS) is 17.2. The fourth-order valence-corrected chi connectivity index (χ4v) is 4.19. The summed E-state index contributed by atoms with van der Waals surface area (Å²) in [5.74, 6) is -3.85. The van der Waals surface area contributed by atoms with Gasteiger partial charge in [-0.1, -0.05) is 12.1 Å². The smallest absolute Gasteiger partial charge is 0.341 e. The van der Waals surface area contributed by atoms with Crippen LogP contribution in [0.25, 0.3) is 0 Å². The number of hydrogen-bond donors (Lipinski definition) is 2. The van der Waals surface area contributed by atoms with Gasteiger partial charge in [-0.3, -0.25) is 14.5 Å². The molecule has 0 bridgehead atoms. The van der Waals surface area contributed by atoms with Gasteiger partial charge >= 0.3 is 5.76 Å². The summed E-state index contributed by atoms with van der Waals surface area (Å²) >= 11 is 0. The predicted molar refractivity (Wildman–Crippen MR) is 103 cm³/mol. The number of nitrogens with zero attached hydrogens (tertiary/aromatic N) is 1. The summed E-state index contributed by atoms with van der Waals surface area (Å²) in [4.78, 5) is 25.9. The van der Waals surface area contributed by atoms with Crippen LogP contribution < -0.4 is 10.6 Å². The SMILES string of the molecule is O=C(CN1CCCC1C(=O)NCc1ccco1)Nc1ccccc1S(=O)(=O)C(F)F. The number of rotatable bonds is 8. The molecule has 1 fully saturated rings. The van der Waals surface area contributed by atoms with E-state index in [1.54, 1.807) is 17.0 Å². The average molecular weight is 441 g/mol. The molecular weight excluding hydrogens is 420 g/mol. The Balaban J connectivity index is 1.63. The number of hydrogen-bond acceptors (Lipinski definition) is 6. The summed E-state index contributed by atoms with van der Waals surface area (Å²) in [6.45, 7) is 0.548. The van der Waals surface area contributed by atoms with Gasteiger partial charge in [0.15, 0.2) is 0 Å². The number of nitrogens with one attached hydrogen (secondary N) is 2. The van der Waals surface area contributed by atoms with Crippen LogP contribution in [0.15, 0.2) is 52.0 Å². The van der Waals surface area contributed by atoms with E-state index in [0.717, 1.165) is 6.07 Å². The first-order valence-electron chi connectivity index (χ1n) is 9.24. The van der Waals surface area contributed by atoms with Gasteiger partial charge in [0, 0.05) is 0 Å². The number of furan rings is 1. The maximum Gasteiger partial charge on any atom is 0.341 e. The lowest BCUT2D eigenvalue weighted by Gasteiger charge is -2.23. The van der Waals surface area contributed by atoms with E-state index in [1.165, 1.54) is 24.5 Å². The van der Waals surface area contributed by atoms with Crippen molar-refractivity contribution in [1.82, 2.24) is 10.2 Å². The fourth-order valence-electron chi connectivity index (χ4n) is 3.31. The third-order valence-corrected chi connectivity index (χ3v) is 6.17. The number of para-hydroxylation sites is 1. The van der Waals surface area contributed by atoms with Crippen LogP contribution in [0.5, 0.6) is 0 Å². The molecule has 3 rings (SSSR count). The highest BCUT2D eigenvalue weighted by molar-refractivity contribution is 7.91. The zero-order valence-electron chi connectivity index (χ0n) is 15.9. The lowest BCUT2D eigenvalue weighted by atomic mass is 10.2. The topological polar surface area (TPSA) is 109 Å². The van der Waals surface area contributed by atoms with Crippen molar-refractivity contribution in [3.63, 3.8) is 0 Å². The highest BCUT2D eigenvalue weighted by Gasteiger charge is 2.33. The minimum absolute atomic E-state index is 0.179. The quantitative estimate of drug-likeness (QED) is 0.649. The number of carbonyl (C=O) groups excluding carboxylic acids is 2. The number of likely N-dealkylation sites (tertiary alicyclic amines) is 1. The Kier molecular flexibility index (Phi) is 6.83. The van der Waals surface area contributed by atoms with Crippen molar-refractivity contribution in [1.29, 1.82) is 0 Å². The lowest BCUT2D eigenvalue weighted by Crippen LogP contribution is -2.45. The molecule has 1 unspecified atom stereocenters. The van der Waals surface area contributed by atoms with E-state index >= 15 is 0 Å². The summed E-state index contributed by atoms with van der Waals surface area (Å²) in [5.41, 5.74) is -0.221. The van der Waals surface area contributed by atoms with Crippen molar-refractivity contribution >= 4 is 27.3 Å². The van der Waals surface area contributed by atoms with Crippen molar-refractivity contribution in [3.05, 3.63) is 48.4 Å². The van der Waals surface area contributed by atoms with Crippen LogP contribution in [0.4, 0.5) is 14.5 Å². The molecule has 1 aromatic carbocycles. The van der Waals surface area contributed by atoms with Gasteiger partial charge in [-0.15, -0.1) is 0 Å². The minimum Gasteiger partial charge on any atom is -0.467 e. The first-order chi connectivity index (χ1) is 14.3. The number of carbonyl (C=O) groups is 2. The second-order valence-electron chi connectivity index (χ2n) is 6.78. The molecule has 2 N–H and O–H groups in total. The van der Waals surface area contributed by atoms with Crippen molar-refractivity contribution in [3.8, 4) is 0 Å². The van der Waals surface area contributed by atoms with Crippen LogP contribution >= 0.6 is 0 Å². The van der Waals surface area contributed by atoms with Crippen LogP contribution in [0, 0.1) is 0 Å². The van der Waals surface area contributed by atoms with E-state index in [1.807, 2.05) is 0 Å². The molecule has 2 aromatic rings. The number of anilines is 1. The van der Waals surface area contributed by atoms with Crippen LogP contribution in [-0.2, 0) is 26.0 Å². The Hall–Kier alpha value is -2.79. The van der Waals surface area contributed by atoms with Crippen molar-refractivity contribution < 1.29 is 31.2 Å². The molecule has 1 aliphatic heterocycles. The molecule has 2 heterocycles. The van der Waals surface area contributed by atoms with Gasteiger partial charge < -0.3 is 15.1 Å². The van der Waals surface area contributed by atoms with Crippen LogP contribution in [0.3, 0.4) is 0 Å². The van der Waals surface area contributed by atoms with E-state index < -0.39 is 32.4 Å². The molecule has 1 aromatic heterocycles. The number of sulfone groups is 1. The number of amides is 2. The van der Waals surface area contributed by atoms with Gasteiger partial charge in [-0.2, -0.15) is 8.78 Å². The van der Waals surface area contributed by atoms with Gasteiger partial charge in [0.25, 0.3) is 0 Å². The largest absolute Gasteiger partial charge is 0.467 e. The molecule has 2 amide bonds. The summed E-state index contributed by atoms with van der Waals surface area (Å²) in [5, 5.41) is 5.13.